The van der Waals surface area contributed by atoms with Crippen molar-refractivity contribution in [3.63, 3.8) is 0 Å². The Hall–Kier alpha value is -2.62. The van der Waals surface area contributed by atoms with Crippen LogP contribution >= 0.6 is 0 Å². The van der Waals surface area contributed by atoms with Crippen LogP contribution in [0.25, 0.3) is 0 Å². The normalized spacial score (nSPS) is 10.5. The van der Waals surface area contributed by atoms with Gasteiger partial charge in [0.1, 0.15) is 0 Å². The van der Waals surface area contributed by atoms with Crippen molar-refractivity contribution < 1.29 is 14.3 Å². The molecule has 19 heavy (non-hydrogen) atoms. The number of rotatable bonds is 5. The molecule has 0 bridgehead atoms. The predicted octanol–water partition coefficient (Wildman–Crippen LogP) is 2.46. The summed E-state index contributed by atoms with van der Waals surface area (Å²) in [4.78, 5) is 23.1. The zero-order valence-corrected chi connectivity index (χ0v) is 10.7. The molecule has 1 amide bonds. The number of methoxy groups -OCH3 is 1. The Balaban J connectivity index is 2.83. The van der Waals surface area contributed by atoms with Crippen LogP contribution in [-0.4, -0.2) is 19.0 Å². The summed E-state index contributed by atoms with van der Waals surface area (Å²) in [5, 5.41) is 2.66. The first-order valence-electron chi connectivity index (χ1n) is 5.57. The summed E-state index contributed by atoms with van der Waals surface area (Å²) < 4.78 is 4.58. The summed E-state index contributed by atoms with van der Waals surface area (Å²) in [7, 11) is 1.30. The fourth-order valence-corrected chi connectivity index (χ4v) is 1.37. The van der Waals surface area contributed by atoms with Crippen molar-refractivity contribution in [1.29, 1.82) is 0 Å². The van der Waals surface area contributed by atoms with Gasteiger partial charge in [-0.15, -0.1) is 0 Å². The van der Waals surface area contributed by atoms with Crippen LogP contribution in [0.2, 0.25) is 0 Å². The fourth-order valence-electron chi connectivity index (χ4n) is 1.37. The van der Waals surface area contributed by atoms with E-state index in [9.17, 15) is 9.59 Å². The number of allylic oxidation sites excluding steroid dienone is 3. The number of nitrogens with one attached hydrogen (secondary N) is 1. The SMILES string of the molecule is C=CC=C(C=C)NC(=O)c1ccc(C(=O)OC)cc1. The van der Waals surface area contributed by atoms with E-state index in [-0.39, 0.29) is 5.91 Å². The Morgan fingerprint density at radius 3 is 2.21 bits per heavy atom. The summed E-state index contributed by atoms with van der Waals surface area (Å²) >= 11 is 0. The van der Waals surface area contributed by atoms with Crippen molar-refractivity contribution >= 4 is 11.9 Å². The molecule has 0 radical (unpaired) electrons. The first kappa shape index (κ1) is 14.4. The second-order valence-corrected chi connectivity index (χ2v) is 3.58. The molecule has 1 aromatic carbocycles. The van der Waals surface area contributed by atoms with Crippen molar-refractivity contribution in [1.82, 2.24) is 5.32 Å². The summed E-state index contributed by atoms with van der Waals surface area (Å²) in [6, 6.07) is 6.17. The Bertz CT molecular complexity index is 527. The molecule has 0 heterocycles. The summed E-state index contributed by atoms with van der Waals surface area (Å²) in [5.74, 6) is -0.727. The third-order valence-corrected chi connectivity index (χ3v) is 2.34. The monoisotopic (exact) mass is 257 g/mol. The zero-order chi connectivity index (χ0) is 14.3. The molecule has 0 aliphatic carbocycles. The molecule has 1 aromatic rings. The van der Waals surface area contributed by atoms with E-state index in [2.05, 4.69) is 23.2 Å². The van der Waals surface area contributed by atoms with Gasteiger partial charge in [0.2, 0.25) is 0 Å². The van der Waals surface area contributed by atoms with Crippen molar-refractivity contribution in [3.8, 4) is 0 Å². The van der Waals surface area contributed by atoms with Crippen LogP contribution in [0.5, 0.6) is 0 Å². The number of ether oxygens (including phenoxy) is 1. The van der Waals surface area contributed by atoms with Gasteiger partial charge in [0, 0.05) is 11.3 Å². The number of esters is 1. The number of carbonyl (C=O) groups excluding carboxylic acids is 2. The van der Waals surface area contributed by atoms with Gasteiger partial charge in [-0.05, 0) is 36.4 Å². The van der Waals surface area contributed by atoms with Crippen LogP contribution in [0, 0.1) is 0 Å². The number of carbonyl (C=O) groups is 2. The summed E-state index contributed by atoms with van der Waals surface area (Å²) in [6.45, 7) is 7.12. The van der Waals surface area contributed by atoms with Gasteiger partial charge in [0.15, 0.2) is 0 Å². The zero-order valence-electron chi connectivity index (χ0n) is 10.7. The van der Waals surface area contributed by atoms with Gasteiger partial charge in [0.25, 0.3) is 5.91 Å². The van der Waals surface area contributed by atoms with Crippen molar-refractivity contribution in [2.24, 2.45) is 0 Å². The molecule has 0 fully saturated rings. The maximum Gasteiger partial charge on any atom is 0.337 e. The van der Waals surface area contributed by atoms with E-state index in [1.165, 1.54) is 25.3 Å². The lowest BCUT2D eigenvalue weighted by Crippen LogP contribution is -2.21. The highest BCUT2D eigenvalue weighted by Crippen LogP contribution is 2.06. The molecule has 98 valence electrons. The van der Waals surface area contributed by atoms with E-state index in [1.807, 2.05) is 0 Å². The minimum Gasteiger partial charge on any atom is -0.465 e. The highest BCUT2D eigenvalue weighted by molar-refractivity contribution is 5.97. The lowest BCUT2D eigenvalue weighted by molar-refractivity contribution is 0.0600. The van der Waals surface area contributed by atoms with Crippen molar-refractivity contribution in [3.05, 3.63) is 72.5 Å². The molecule has 0 saturated carbocycles. The molecule has 4 nitrogen and oxygen atoms in total. The van der Waals surface area contributed by atoms with Gasteiger partial charge in [0.05, 0.1) is 12.7 Å². The van der Waals surface area contributed by atoms with E-state index in [4.69, 9.17) is 0 Å². The second kappa shape index (κ2) is 6.96. The van der Waals surface area contributed by atoms with Gasteiger partial charge in [-0.2, -0.15) is 0 Å². The van der Waals surface area contributed by atoms with Gasteiger partial charge in [-0.1, -0.05) is 19.2 Å². The first-order chi connectivity index (χ1) is 9.12. The molecule has 0 spiro atoms. The summed E-state index contributed by atoms with van der Waals surface area (Å²) in [5.41, 5.74) is 1.38. The Labute approximate surface area is 112 Å². The Morgan fingerprint density at radius 2 is 1.74 bits per heavy atom. The van der Waals surface area contributed by atoms with Crippen molar-refractivity contribution in [2.75, 3.05) is 7.11 Å². The third kappa shape index (κ3) is 3.96. The Kier molecular flexibility index (Phi) is 5.29. The number of amides is 1. The molecule has 1 N–H and O–H groups in total. The molecule has 4 heteroatoms. The quantitative estimate of drug-likeness (QED) is 0.651. The van der Waals surface area contributed by atoms with Gasteiger partial charge in [-0.3, -0.25) is 4.79 Å². The third-order valence-electron chi connectivity index (χ3n) is 2.34. The van der Waals surface area contributed by atoms with E-state index < -0.39 is 5.97 Å². The minimum absolute atomic E-state index is 0.288. The van der Waals surface area contributed by atoms with Gasteiger partial charge in [-0.25, -0.2) is 4.79 Å². The average Bonchev–Trinajstić information content (AvgIpc) is 2.45. The maximum atomic E-state index is 11.9. The van der Waals surface area contributed by atoms with Crippen molar-refractivity contribution in [2.45, 2.75) is 0 Å². The van der Waals surface area contributed by atoms with Gasteiger partial charge < -0.3 is 10.1 Å². The van der Waals surface area contributed by atoms with Gasteiger partial charge >= 0.3 is 5.97 Å². The predicted molar refractivity (Wildman–Crippen MR) is 73.7 cm³/mol. The molecule has 0 saturated heterocycles. The van der Waals surface area contributed by atoms with E-state index in [0.717, 1.165) is 0 Å². The fraction of sp³-hybridized carbons (Fsp3) is 0.0667. The molecule has 0 aliphatic heterocycles. The molecule has 0 unspecified atom stereocenters. The first-order valence-corrected chi connectivity index (χ1v) is 5.57. The van der Waals surface area contributed by atoms with E-state index >= 15 is 0 Å². The minimum atomic E-state index is -0.440. The van der Waals surface area contributed by atoms with Crippen LogP contribution in [0.4, 0.5) is 0 Å². The Morgan fingerprint density at radius 1 is 1.16 bits per heavy atom. The molecular weight excluding hydrogens is 242 g/mol. The summed E-state index contributed by atoms with van der Waals surface area (Å²) in [6.07, 6.45) is 4.70. The molecule has 1 rings (SSSR count). The second-order valence-electron chi connectivity index (χ2n) is 3.58. The van der Waals surface area contributed by atoms with Crippen LogP contribution in [-0.2, 0) is 4.74 Å². The molecule has 0 atom stereocenters. The topological polar surface area (TPSA) is 55.4 Å². The number of hydrogen-bond donors (Lipinski definition) is 1. The molecular formula is C15H15NO3. The lowest BCUT2D eigenvalue weighted by atomic mass is 10.1. The van der Waals surface area contributed by atoms with E-state index in [1.54, 1.807) is 24.3 Å². The standard InChI is InChI=1S/C15H15NO3/c1-4-6-13(5-2)16-14(17)11-7-9-12(10-8-11)15(18)19-3/h4-10H,1-2H2,3H3,(H,16,17). The van der Waals surface area contributed by atoms with Crippen LogP contribution in [0.15, 0.2) is 61.3 Å². The maximum absolute atomic E-state index is 11.9. The highest BCUT2D eigenvalue weighted by atomic mass is 16.5. The largest absolute Gasteiger partial charge is 0.465 e. The molecule has 0 aromatic heterocycles. The number of benzene rings is 1. The smallest absolute Gasteiger partial charge is 0.337 e. The lowest BCUT2D eigenvalue weighted by Gasteiger charge is -2.06. The van der Waals surface area contributed by atoms with Crippen LogP contribution in [0.3, 0.4) is 0 Å². The van der Waals surface area contributed by atoms with E-state index in [0.29, 0.717) is 16.8 Å². The van der Waals surface area contributed by atoms with Crippen LogP contribution < -0.4 is 5.32 Å². The highest BCUT2D eigenvalue weighted by Gasteiger charge is 2.09. The molecule has 0 aliphatic rings. The number of hydrogen-bond acceptors (Lipinski definition) is 3. The average molecular weight is 257 g/mol. The van der Waals surface area contributed by atoms with Crippen LogP contribution in [0.1, 0.15) is 20.7 Å².